The highest BCUT2D eigenvalue weighted by Gasteiger charge is 2.25. The monoisotopic (exact) mass is 420 g/mol. The molecule has 0 aliphatic carbocycles. The quantitative estimate of drug-likeness (QED) is 0.685. The summed E-state index contributed by atoms with van der Waals surface area (Å²) in [6.45, 7) is 7.33. The number of amides is 2. The van der Waals surface area contributed by atoms with Crippen LogP contribution in [-0.2, 0) is 4.79 Å². The fourth-order valence-corrected chi connectivity index (χ4v) is 3.99. The molecule has 4 rings (SSSR count). The minimum absolute atomic E-state index is 0.0604. The molecule has 3 aromatic rings. The van der Waals surface area contributed by atoms with E-state index >= 15 is 0 Å². The van der Waals surface area contributed by atoms with Crippen LogP contribution in [0.15, 0.2) is 36.7 Å². The molecule has 0 radical (unpaired) electrons. The average Bonchev–Trinajstić information content (AvgIpc) is 3.10. The van der Waals surface area contributed by atoms with Crippen molar-refractivity contribution in [2.45, 2.75) is 46.1 Å². The maximum absolute atomic E-state index is 12.7. The van der Waals surface area contributed by atoms with E-state index in [2.05, 4.69) is 20.4 Å². The summed E-state index contributed by atoms with van der Waals surface area (Å²) in [5.74, 6) is 0.678. The SMILES string of the molecule is Cc1nn(-c2ncc(C(=O)N[C@@H]3CCCN(C(=O)CC(C)C)C3)cn2)c2ccccc12. The van der Waals surface area contributed by atoms with E-state index in [4.69, 9.17) is 0 Å². The predicted octanol–water partition coefficient (Wildman–Crippen LogP) is 2.89. The molecule has 1 N–H and O–H groups in total. The van der Waals surface area contributed by atoms with Gasteiger partial charge in [0.15, 0.2) is 0 Å². The van der Waals surface area contributed by atoms with Crippen molar-refractivity contribution in [1.82, 2.24) is 30.0 Å². The number of aromatic nitrogens is 4. The van der Waals surface area contributed by atoms with E-state index in [0.717, 1.165) is 36.0 Å². The van der Waals surface area contributed by atoms with Gasteiger partial charge in [-0.15, -0.1) is 0 Å². The van der Waals surface area contributed by atoms with Gasteiger partial charge in [-0.2, -0.15) is 9.78 Å². The first kappa shape index (κ1) is 21.0. The van der Waals surface area contributed by atoms with Crippen LogP contribution in [0, 0.1) is 12.8 Å². The molecule has 2 aromatic heterocycles. The summed E-state index contributed by atoms with van der Waals surface area (Å²) in [4.78, 5) is 35.7. The zero-order chi connectivity index (χ0) is 22.0. The summed E-state index contributed by atoms with van der Waals surface area (Å²) in [5, 5.41) is 8.60. The number of hydrogen-bond donors (Lipinski definition) is 1. The number of nitrogens with one attached hydrogen (secondary N) is 1. The van der Waals surface area contributed by atoms with Crippen LogP contribution >= 0.6 is 0 Å². The highest BCUT2D eigenvalue weighted by atomic mass is 16.2. The van der Waals surface area contributed by atoms with E-state index in [1.165, 1.54) is 12.4 Å². The zero-order valence-corrected chi connectivity index (χ0v) is 18.2. The molecule has 31 heavy (non-hydrogen) atoms. The standard InChI is InChI=1S/C23H28N6O2/c1-15(2)11-21(30)28-10-6-7-18(14-28)26-22(31)17-12-24-23(25-13-17)29-20-9-5-4-8-19(20)16(3)27-29/h4-5,8-9,12-13,15,18H,6-7,10-11,14H2,1-3H3,(H,26,31)/t18-/m1/s1. The second-order valence-corrected chi connectivity index (χ2v) is 8.54. The molecule has 1 saturated heterocycles. The fraction of sp³-hybridized carbons (Fsp3) is 0.435. The number of benzene rings is 1. The molecular formula is C23H28N6O2. The molecule has 0 saturated carbocycles. The highest BCUT2D eigenvalue weighted by molar-refractivity contribution is 5.94. The van der Waals surface area contributed by atoms with E-state index in [-0.39, 0.29) is 17.9 Å². The maximum atomic E-state index is 12.7. The number of carbonyl (C=O) groups is 2. The molecule has 1 aliphatic heterocycles. The number of nitrogens with zero attached hydrogens (tertiary/aromatic N) is 5. The number of para-hydroxylation sites is 1. The molecule has 3 heterocycles. The van der Waals surface area contributed by atoms with Gasteiger partial charge in [-0.1, -0.05) is 32.0 Å². The normalized spacial score (nSPS) is 16.6. The van der Waals surface area contributed by atoms with Crippen LogP contribution in [0.5, 0.6) is 0 Å². The van der Waals surface area contributed by atoms with Crippen LogP contribution in [-0.4, -0.2) is 55.6 Å². The molecule has 1 aliphatic rings. The van der Waals surface area contributed by atoms with Gasteiger partial charge in [-0.05, 0) is 31.7 Å². The van der Waals surface area contributed by atoms with E-state index in [0.29, 0.717) is 30.4 Å². The lowest BCUT2D eigenvalue weighted by atomic mass is 10.0. The van der Waals surface area contributed by atoms with Crippen LogP contribution in [0.25, 0.3) is 16.9 Å². The first-order chi connectivity index (χ1) is 14.9. The van der Waals surface area contributed by atoms with Gasteiger partial charge in [0.2, 0.25) is 5.91 Å². The van der Waals surface area contributed by atoms with Gasteiger partial charge in [0.25, 0.3) is 11.9 Å². The van der Waals surface area contributed by atoms with Crippen LogP contribution in [0.4, 0.5) is 0 Å². The number of likely N-dealkylation sites (tertiary alicyclic amines) is 1. The Bertz CT molecular complexity index is 1090. The molecule has 2 amide bonds. The number of fused-ring (bicyclic) bond motifs is 1. The summed E-state index contributed by atoms with van der Waals surface area (Å²) >= 11 is 0. The van der Waals surface area contributed by atoms with Gasteiger partial charge in [-0.25, -0.2) is 9.97 Å². The number of carbonyl (C=O) groups excluding carboxylic acids is 2. The third-order valence-corrected chi connectivity index (χ3v) is 5.55. The van der Waals surface area contributed by atoms with Gasteiger partial charge >= 0.3 is 0 Å². The Morgan fingerprint density at radius 1 is 1.19 bits per heavy atom. The largest absolute Gasteiger partial charge is 0.347 e. The molecular weight excluding hydrogens is 392 g/mol. The zero-order valence-electron chi connectivity index (χ0n) is 18.2. The first-order valence-corrected chi connectivity index (χ1v) is 10.8. The smallest absolute Gasteiger partial charge is 0.254 e. The van der Waals surface area contributed by atoms with Crippen molar-refractivity contribution in [1.29, 1.82) is 0 Å². The second-order valence-electron chi connectivity index (χ2n) is 8.54. The van der Waals surface area contributed by atoms with E-state index in [9.17, 15) is 9.59 Å². The van der Waals surface area contributed by atoms with Crippen molar-refractivity contribution in [3.05, 3.63) is 47.9 Å². The molecule has 8 nitrogen and oxygen atoms in total. The molecule has 8 heteroatoms. The van der Waals surface area contributed by atoms with Crippen molar-refractivity contribution in [2.75, 3.05) is 13.1 Å². The third-order valence-electron chi connectivity index (χ3n) is 5.55. The van der Waals surface area contributed by atoms with Crippen molar-refractivity contribution < 1.29 is 9.59 Å². The maximum Gasteiger partial charge on any atom is 0.254 e. The Kier molecular flexibility index (Phi) is 5.97. The highest BCUT2D eigenvalue weighted by Crippen LogP contribution is 2.20. The summed E-state index contributed by atoms with van der Waals surface area (Å²) < 4.78 is 1.69. The first-order valence-electron chi connectivity index (χ1n) is 10.8. The Labute approximate surface area is 181 Å². The fourth-order valence-electron chi connectivity index (χ4n) is 3.99. The summed E-state index contributed by atoms with van der Waals surface area (Å²) in [6.07, 6.45) is 5.32. The van der Waals surface area contributed by atoms with E-state index < -0.39 is 0 Å². The van der Waals surface area contributed by atoms with Gasteiger partial charge < -0.3 is 10.2 Å². The Morgan fingerprint density at radius 2 is 1.94 bits per heavy atom. The summed E-state index contributed by atoms with van der Waals surface area (Å²) in [7, 11) is 0. The third kappa shape index (κ3) is 4.57. The molecule has 1 aromatic carbocycles. The molecule has 1 atom stereocenters. The van der Waals surface area contributed by atoms with Crippen molar-refractivity contribution in [2.24, 2.45) is 5.92 Å². The van der Waals surface area contributed by atoms with Gasteiger partial charge in [0, 0.05) is 43.3 Å². The predicted molar refractivity (Wildman–Crippen MR) is 118 cm³/mol. The van der Waals surface area contributed by atoms with Crippen LogP contribution < -0.4 is 5.32 Å². The lowest BCUT2D eigenvalue weighted by Gasteiger charge is -2.33. The molecule has 0 unspecified atom stereocenters. The minimum Gasteiger partial charge on any atom is -0.347 e. The molecule has 162 valence electrons. The molecule has 0 bridgehead atoms. The number of hydrogen-bond acceptors (Lipinski definition) is 5. The minimum atomic E-state index is -0.226. The Balaban J connectivity index is 1.43. The topological polar surface area (TPSA) is 93.0 Å². The van der Waals surface area contributed by atoms with Gasteiger partial charge in [-0.3, -0.25) is 9.59 Å². The van der Waals surface area contributed by atoms with Crippen LogP contribution in [0.3, 0.4) is 0 Å². The van der Waals surface area contributed by atoms with Gasteiger partial charge in [0.1, 0.15) is 0 Å². The lowest BCUT2D eigenvalue weighted by molar-refractivity contribution is -0.133. The van der Waals surface area contributed by atoms with Crippen molar-refractivity contribution >= 4 is 22.7 Å². The summed E-state index contributed by atoms with van der Waals surface area (Å²) in [6, 6.07) is 7.83. The van der Waals surface area contributed by atoms with E-state index in [1.807, 2.05) is 49.9 Å². The van der Waals surface area contributed by atoms with Crippen molar-refractivity contribution in [3.8, 4) is 5.95 Å². The Hall–Kier alpha value is -3.29. The number of aryl methyl sites for hydroxylation is 1. The Morgan fingerprint density at radius 3 is 2.68 bits per heavy atom. The van der Waals surface area contributed by atoms with Crippen molar-refractivity contribution in [3.63, 3.8) is 0 Å². The molecule has 0 spiro atoms. The lowest BCUT2D eigenvalue weighted by Crippen LogP contribution is -2.49. The summed E-state index contributed by atoms with van der Waals surface area (Å²) in [5.41, 5.74) is 2.21. The number of piperidine rings is 1. The van der Waals surface area contributed by atoms with E-state index in [1.54, 1.807) is 4.68 Å². The number of rotatable bonds is 5. The van der Waals surface area contributed by atoms with Crippen LogP contribution in [0.2, 0.25) is 0 Å². The van der Waals surface area contributed by atoms with Gasteiger partial charge in [0.05, 0.1) is 16.8 Å². The van der Waals surface area contributed by atoms with Crippen LogP contribution in [0.1, 0.15) is 49.2 Å². The average molecular weight is 421 g/mol. The molecule has 1 fully saturated rings. The second kappa shape index (κ2) is 8.83.